The second-order valence-corrected chi connectivity index (χ2v) is 5.23. The molecule has 0 fully saturated rings. The fourth-order valence-electron chi connectivity index (χ4n) is 1.24. The van der Waals surface area contributed by atoms with Crippen LogP contribution in [0, 0.1) is 11.3 Å². The maximum Gasteiger partial charge on any atom is 0.223 e. The lowest BCUT2D eigenvalue weighted by Crippen LogP contribution is -2.28. The van der Waals surface area contributed by atoms with Gasteiger partial charge in [0.05, 0.1) is 10.4 Å². The summed E-state index contributed by atoms with van der Waals surface area (Å²) >= 11 is 7.34. The smallest absolute Gasteiger partial charge is 0.223 e. The maximum atomic E-state index is 11.5. The molecule has 1 heterocycles. The molecule has 5 heteroatoms. The Morgan fingerprint density at radius 1 is 1.62 bits per heavy atom. The molecule has 0 bridgehead atoms. The zero-order valence-corrected chi connectivity index (χ0v) is 10.6. The highest BCUT2D eigenvalue weighted by Crippen LogP contribution is 2.21. The van der Waals surface area contributed by atoms with E-state index in [1.807, 2.05) is 18.2 Å². The summed E-state index contributed by atoms with van der Waals surface area (Å²) in [5.74, 6) is 0.0178. The minimum atomic E-state index is 0.0178. The average molecular weight is 257 g/mol. The molecule has 0 spiro atoms. The molecule has 0 aliphatic heterocycles. The van der Waals surface area contributed by atoms with Crippen molar-refractivity contribution >= 4 is 28.8 Å². The standard InChI is InChI=1S/C11H13ClN2OS/c1-14(11(15)3-2-7-13)8-6-9-4-5-10(12)16-9/h4-5H,2-3,6,8H2,1H3. The van der Waals surface area contributed by atoms with Gasteiger partial charge in [-0.25, -0.2) is 0 Å². The highest BCUT2D eigenvalue weighted by atomic mass is 35.5. The molecular formula is C11H13ClN2OS. The van der Waals surface area contributed by atoms with Gasteiger partial charge in [-0.1, -0.05) is 11.6 Å². The van der Waals surface area contributed by atoms with Crippen LogP contribution in [0.1, 0.15) is 17.7 Å². The van der Waals surface area contributed by atoms with Crippen molar-refractivity contribution in [2.75, 3.05) is 13.6 Å². The van der Waals surface area contributed by atoms with Crippen molar-refractivity contribution in [3.05, 3.63) is 21.3 Å². The van der Waals surface area contributed by atoms with Crippen molar-refractivity contribution in [2.45, 2.75) is 19.3 Å². The van der Waals surface area contributed by atoms with Crippen LogP contribution in [0.25, 0.3) is 0 Å². The molecule has 0 N–H and O–H groups in total. The highest BCUT2D eigenvalue weighted by Gasteiger charge is 2.08. The van der Waals surface area contributed by atoms with E-state index < -0.39 is 0 Å². The topological polar surface area (TPSA) is 44.1 Å². The van der Waals surface area contributed by atoms with Crippen LogP contribution in [0.4, 0.5) is 0 Å². The van der Waals surface area contributed by atoms with E-state index in [4.69, 9.17) is 16.9 Å². The third-order valence-electron chi connectivity index (χ3n) is 2.20. The fraction of sp³-hybridized carbons (Fsp3) is 0.455. The number of hydrogen-bond donors (Lipinski definition) is 0. The molecule has 1 amide bonds. The summed E-state index contributed by atoms with van der Waals surface area (Å²) < 4.78 is 0.772. The predicted molar refractivity (Wildman–Crippen MR) is 65.5 cm³/mol. The molecule has 1 aromatic rings. The Morgan fingerprint density at radius 3 is 2.94 bits per heavy atom. The Hall–Kier alpha value is -1.05. The van der Waals surface area contributed by atoms with Gasteiger partial charge in [0.25, 0.3) is 0 Å². The summed E-state index contributed by atoms with van der Waals surface area (Å²) in [6, 6.07) is 5.80. The number of carbonyl (C=O) groups is 1. The fourth-order valence-corrected chi connectivity index (χ4v) is 2.32. The first-order chi connectivity index (χ1) is 7.63. The van der Waals surface area contributed by atoms with E-state index in [9.17, 15) is 4.79 Å². The molecule has 1 aromatic heterocycles. The number of thiophene rings is 1. The molecule has 0 radical (unpaired) electrons. The summed E-state index contributed by atoms with van der Waals surface area (Å²) in [6.07, 6.45) is 1.40. The predicted octanol–water partition coefficient (Wildman–Crippen LogP) is 2.71. The molecular weight excluding hydrogens is 244 g/mol. The third kappa shape index (κ3) is 4.21. The van der Waals surface area contributed by atoms with Gasteiger partial charge in [-0.15, -0.1) is 11.3 Å². The first kappa shape index (κ1) is 13.0. The number of nitrogens with zero attached hydrogens (tertiary/aromatic N) is 2. The van der Waals surface area contributed by atoms with Gasteiger partial charge in [0.1, 0.15) is 0 Å². The second kappa shape index (κ2) is 6.51. The van der Waals surface area contributed by atoms with E-state index >= 15 is 0 Å². The lowest BCUT2D eigenvalue weighted by molar-refractivity contribution is -0.129. The average Bonchev–Trinajstić information content (AvgIpc) is 2.68. The summed E-state index contributed by atoms with van der Waals surface area (Å²) in [4.78, 5) is 14.3. The normalized spacial score (nSPS) is 9.81. The van der Waals surface area contributed by atoms with Crippen LogP contribution in [-0.4, -0.2) is 24.4 Å². The minimum absolute atomic E-state index is 0.0178. The number of rotatable bonds is 5. The molecule has 16 heavy (non-hydrogen) atoms. The first-order valence-corrected chi connectivity index (χ1v) is 6.18. The largest absolute Gasteiger partial charge is 0.345 e. The van der Waals surface area contributed by atoms with Crippen molar-refractivity contribution in [3.63, 3.8) is 0 Å². The van der Waals surface area contributed by atoms with Crippen molar-refractivity contribution in [1.29, 1.82) is 5.26 Å². The monoisotopic (exact) mass is 256 g/mol. The zero-order chi connectivity index (χ0) is 12.0. The Balaban J connectivity index is 2.32. The molecule has 0 saturated carbocycles. The lowest BCUT2D eigenvalue weighted by Gasteiger charge is -2.15. The minimum Gasteiger partial charge on any atom is -0.345 e. The van der Waals surface area contributed by atoms with Gasteiger partial charge >= 0.3 is 0 Å². The van der Waals surface area contributed by atoms with Crippen LogP contribution in [0.3, 0.4) is 0 Å². The Bertz CT molecular complexity index is 397. The number of likely N-dealkylation sites (N-methyl/N-ethyl adjacent to an activating group) is 1. The Kier molecular flexibility index (Phi) is 5.30. The number of amides is 1. The number of carbonyl (C=O) groups excluding carboxylic acids is 1. The molecule has 0 saturated heterocycles. The molecule has 3 nitrogen and oxygen atoms in total. The Labute approximate surface area is 104 Å². The summed E-state index contributed by atoms with van der Waals surface area (Å²) in [5.41, 5.74) is 0. The van der Waals surface area contributed by atoms with Crippen molar-refractivity contribution in [1.82, 2.24) is 4.90 Å². The van der Waals surface area contributed by atoms with Gasteiger partial charge < -0.3 is 4.90 Å². The van der Waals surface area contributed by atoms with Crippen LogP contribution >= 0.6 is 22.9 Å². The van der Waals surface area contributed by atoms with Crippen LogP contribution in [0.2, 0.25) is 4.34 Å². The number of halogens is 1. The van der Waals surface area contributed by atoms with Gasteiger partial charge in [-0.05, 0) is 18.6 Å². The van der Waals surface area contributed by atoms with Crippen molar-refractivity contribution < 1.29 is 4.79 Å². The zero-order valence-electron chi connectivity index (χ0n) is 9.07. The van der Waals surface area contributed by atoms with E-state index in [1.54, 1.807) is 11.9 Å². The molecule has 0 aliphatic rings. The van der Waals surface area contributed by atoms with E-state index in [1.165, 1.54) is 16.2 Å². The molecule has 0 unspecified atom stereocenters. The molecule has 1 rings (SSSR count). The molecule has 0 aromatic carbocycles. The quantitative estimate of drug-likeness (QED) is 0.813. The van der Waals surface area contributed by atoms with E-state index in [0.717, 1.165) is 10.8 Å². The molecule has 0 atom stereocenters. The maximum absolute atomic E-state index is 11.5. The Morgan fingerprint density at radius 2 is 2.38 bits per heavy atom. The number of hydrogen-bond acceptors (Lipinski definition) is 3. The molecule has 86 valence electrons. The number of nitriles is 1. The van der Waals surface area contributed by atoms with Crippen molar-refractivity contribution in [2.24, 2.45) is 0 Å². The van der Waals surface area contributed by atoms with Crippen LogP contribution in [-0.2, 0) is 11.2 Å². The van der Waals surface area contributed by atoms with E-state index in [2.05, 4.69) is 0 Å². The van der Waals surface area contributed by atoms with Crippen LogP contribution < -0.4 is 0 Å². The van der Waals surface area contributed by atoms with Crippen LogP contribution in [0.5, 0.6) is 0 Å². The second-order valence-electron chi connectivity index (χ2n) is 3.43. The van der Waals surface area contributed by atoms with E-state index in [0.29, 0.717) is 13.0 Å². The van der Waals surface area contributed by atoms with Crippen LogP contribution in [0.15, 0.2) is 12.1 Å². The summed E-state index contributed by atoms with van der Waals surface area (Å²) in [5, 5.41) is 8.37. The van der Waals surface area contributed by atoms with Gasteiger partial charge in [-0.2, -0.15) is 5.26 Å². The van der Waals surface area contributed by atoms with Gasteiger partial charge in [0.2, 0.25) is 5.91 Å². The third-order valence-corrected chi connectivity index (χ3v) is 3.49. The van der Waals surface area contributed by atoms with Gasteiger partial charge in [-0.3, -0.25) is 4.79 Å². The lowest BCUT2D eigenvalue weighted by atomic mass is 10.2. The van der Waals surface area contributed by atoms with E-state index in [-0.39, 0.29) is 12.3 Å². The molecule has 0 aliphatic carbocycles. The van der Waals surface area contributed by atoms with Gasteiger partial charge in [0.15, 0.2) is 0 Å². The van der Waals surface area contributed by atoms with Gasteiger partial charge in [0, 0.05) is 31.3 Å². The highest BCUT2D eigenvalue weighted by molar-refractivity contribution is 7.16. The summed E-state index contributed by atoms with van der Waals surface area (Å²) in [6.45, 7) is 0.668. The SMILES string of the molecule is CN(CCc1ccc(Cl)s1)C(=O)CCC#N. The first-order valence-electron chi connectivity index (χ1n) is 4.98. The summed E-state index contributed by atoms with van der Waals surface area (Å²) in [7, 11) is 1.76. The van der Waals surface area contributed by atoms with Crippen molar-refractivity contribution in [3.8, 4) is 6.07 Å².